The third-order valence-corrected chi connectivity index (χ3v) is 4.52. The van der Waals surface area contributed by atoms with Gasteiger partial charge in [-0.1, -0.05) is 28.9 Å². The Hall–Kier alpha value is -0.500. The number of hydrogen-bond acceptors (Lipinski definition) is 1. The second-order valence-corrected chi connectivity index (χ2v) is 5.52. The molecule has 17 heavy (non-hydrogen) atoms. The smallest absolute Gasteiger partial charge is 0.119 e. The Kier molecular flexibility index (Phi) is 4.90. The summed E-state index contributed by atoms with van der Waals surface area (Å²) in [4.78, 5) is 0. The number of ether oxygens (including phenoxy) is 1. The van der Waals surface area contributed by atoms with E-state index in [4.69, 9.17) is 4.74 Å². The maximum Gasteiger partial charge on any atom is 0.119 e. The highest BCUT2D eigenvalue weighted by Crippen LogP contribution is 2.25. The van der Waals surface area contributed by atoms with Gasteiger partial charge in [-0.05, 0) is 55.4 Å². The summed E-state index contributed by atoms with van der Waals surface area (Å²) in [5.74, 6) is 1.66. The fourth-order valence-electron chi connectivity index (χ4n) is 2.29. The molecular formula is C15H21BrO. The van der Waals surface area contributed by atoms with E-state index in [1.54, 1.807) is 0 Å². The Morgan fingerprint density at radius 3 is 2.71 bits per heavy atom. The van der Waals surface area contributed by atoms with Gasteiger partial charge in [0.2, 0.25) is 0 Å². The van der Waals surface area contributed by atoms with E-state index in [-0.39, 0.29) is 0 Å². The highest BCUT2D eigenvalue weighted by molar-refractivity contribution is 9.09. The Morgan fingerprint density at radius 1 is 1.24 bits per heavy atom. The molecule has 1 nitrogen and oxygen atoms in total. The van der Waals surface area contributed by atoms with Crippen LogP contribution in [-0.4, -0.2) is 11.9 Å². The lowest BCUT2D eigenvalue weighted by Crippen LogP contribution is -2.12. The van der Waals surface area contributed by atoms with E-state index in [2.05, 4.69) is 41.1 Å². The molecular weight excluding hydrogens is 276 g/mol. The number of hydrogen-bond donors (Lipinski definition) is 0. The van der Waals surface area contributed by atoms with E-state index in [0.29, 0.717) is 5.92 Å². The molecule has 0 aromatic heterocycles. The minimum absolute atomic E-state index is 0.617. The quantitative estimate of drug-likeness (QED) is 0.734. The second-order valence-electron chi connectivity index (χ2n) is 4.88. The fourth-order valence-corrected chi connectivity index (χ4v) is 2.93. The van der Waals surface area contributed by atoms with Gasteiger partial charge < -0.3 is 4.74 Å². The van der Waals surface area contributed by atoms with Gasteiger partial charge in [-0.2, -0.15) is 0 Å². The van der Waals surface area contributed by atoms with Crippen LogP contribution in [0.3, 0.4) is 0 Å². The lowest BCUT2D eigenvalue weighted by atomic mass is 9.92. The number of benzene rings is 1. The molecule has 1 aromatic rings. The molecule has 0 bridgehead atoms. The first kappa shape index (κ1) is 12.9. The van der Waals surface area contributed by atoms with Crippen LogP contribution >= 0.6 is 15.9 Å². The van der Waals surface area contributed by atoms with Crippen molar-refractivity contribution in [2.45, 2.75) is 39.0 Å². The average molecular weight is 297 g/mol. The van der Waals surface area contributed by atoms with E-state index in [1.165, 1.54) is 36.8 Å². The van der Waals surface area contributed by atoms with Crippen molar-refractivity contribution in [2.24, 2.45) is 5.92 Å². The molecule has 2 rings (SSSR count). The molecule has 1 aliphatic carbocycles. The van der Waals surface area contributed by atoms with Gasteiger partial charge in [0.25, 0.3) is 0 Å². The van der Waals surface area contributed by atoms with Gasteiger partial charge in [0.1, 0.15) is 5.75 Å². The predicted molar refractivity (Wildman–Crippen MR) is 76.2 cm³/mol. The van der Waals surface area contributed by atoms with Crippen LogP contribution in [0.1, 0.15) is 37.3 Å². The number of rotatable bonds is 5. The zero-order valence-electron chi connectivity index (χ0n) is 10.5. The van der Waals surface area contributed by atoms with Crippen LogP contribution in [0.2, 0.25) is 0 Å². The summed E-state index contributed by atoms with van der Waals surface area (Å²) in [6.07, 6.45) is 6.30. The third-order valence-electron chi connectivity index (χ3n) is 3.60. The monoisotopic (exact) mass is 296 g/mol. The molecule has 0 amide bonds. The molecule has 1 aromatic carbocycles. The van der Waals surface area contributed by atoms with Gasteiger partial charge in [-0.25, -0.2) is 0 Å². The number of fused-ring (bicyclic) bond motifs is 1. The predicted octanol–water partition coefficient (Wildman–Crippen LogP) is 4.37. The SMILES string of the molecule is CCC(CBr)COc1ccc2c(c1)CCCC2. The molecule has 0 radical (unpaired) electrons. The van der Waals surface area contributed by atoms with E-state index in [9.17, 15) is 0 Å². The Labute approximate surface area is 113 Å². The lowest BCUT2D eigenvalue weighted by molar-refractivity contribution is 0.259. The summed E-state index contributed by atoms with van der Waals surface area (Å²) in [6, 6.07) is 6.62. The average Bonchev–Trinajstić information content (AvgIpc) is 2.40. The summed E-state index contributed by atoms with van der Waals surface area (Å²) in [7, 11) is 0. The van der Waals surface area contributed by atoms with Crippen LogP contribution in [0.15, 0.2) is 18.2 Å². The first-order valence-electron chi connectivity index (χ1n) is 6.64. The van der Waals surface area contributed by atoms with Crippen molar-refractivity contribution in [3.8, 4) is 5.75 Å². The molecule has 1 atom stereocenters. The minimum atomic E-state index is 0.617. The highest BCUT2D eigenvalue weighted by atomic mass is 79.9. The Balaban J connectivity index is 1.97. The molecule has 0 saturated carbocycles. The highest BCUT2D eigenvalue weighted by Gasteiger charge is 2.11. The maximum absolute atomic E-state index is 5.89. The topological polar surface area (TPSA) is 9.23 Å². The van der Waals surface area contributed by atoms with Crippen molar-refractivity contribution in [3.05, 3.63) is 29.3 Å². The van der Waals surface area contributed by atoms with Gasteiger partial charge in [0.05, 0.1) is 6.61 Å². The van der Waals surface area contributed by atoms with Crippen molar-refractivity contribution in [1.82, 2.24) is 0 Å². The molecule has 0 heterocycles. The van der Waals surface area contributed by atoms with Crippen molar-refractivity contribution in [1.29, 1.82) is 0 Å². The lowest BCUT2D eigenvalue weighted by Gasteiger charge is -2.18. The van der Waals surface area contributed by atoms with Gasteiger partial charge in [-0.15, -0.1) is 0 Å². The minimum Gasteiger partial charge on any atom is -0.493 e. The van der Waals surface area contributed by atoms with Crippen LogP contribution in [0.4, 0.5) is 0 Å². The molecule has 1 aliphatic rings. The zero-order chi connectivity index (χ0) is 12.1. The number of aryl methyl sites for hydroxylation is 2. The molecule has 0 N–H and O–H groups in total. The third kappa shape index (κ3) is 3.48. The Morgan fingerprint density at radius 2 is 2.00 bits per heavy atom. The Bertz CT molecular complexity index is 358. The summed E-state index contributed by atoms with van der Waals surface area (Å²) in [5.41, 5.74) is 3.02. The van der Waals surface area contributed by atoms with Gasteiger partial charge >= 0.3 is 0 Å². The summed E-state index contributed by atoms with van der Waals surface area (Å²) in [6.45, 7) is 3.03. The summed E-state index contributed by atoms with van der Waals surface area (Å²) >= 11 is 3.53. The molecule has 0 fully saturated rings. The molecule has 0 spiro atoms. The zero-order valence-corrected chi connectivity index (χ0v) is 12.1. The van der Waals surface area contributed by atoms with Crippen LogP contribution in [0.25, 0.3) is 0 Å². The second kappa shape index (κ2) is 6.44. The van der Waals surface area contributed by atoms with E-state index < -0.39 is 0 Å². The molecule has 0 aliphatic heterocycles. The standard InChI is InChI=1S/C15H21BrO/c1-2-12(10-16)11-17-15-8-7-13-5-3-4-6-14(13)9-15/h7-9,12H,2-6,10-11H2,1H3. The summed E-state index contributed by atoms with van der Waals surface area (Å²) < 4.78 is 5.89. The first-order valence-corrected chi connectivity index (χ1v) is 7.76. The molecule has 0 saturated heterocycles. The van der Waals surface area contributed by atoms with Crippen LogP contribution in [-0.2, 0) is 12.8 Å². The van der Waals surface area contributed by atoms with Crippen molar-refractivity contribution in [2.75, 3.05) is 11.9 Å². The van der Waals surface area contributed by atoms with Gasteiger partial charge in [-0.3, -0.25) is 0 Å². The number of halogens is 1. The van der Waals surface area contributed by atoms with Crippen LogP contribution in [0, 0.1) is 5.92 Å². The first-order chi connectivity index (χ1) is 8.33. The maximum atomic E-state index is 5.89. The number of alkyl halides is 1. The van der Waals surface area contributed by atoms with E-state index >= 15 is 0 Å². The van der Waals surface area contributed by atoms with Crippen LogP contribution in [0.5, 0.6) is 5.75 Å². The summed E-state index contributed by atoms with van der Waals surface area (Å²) in [5, 5.41) is 1.02. The van der Waals surface area contributed by atoms with Crippen molar-refractivity contribution < 1.29 is 4.74 Å². The van der Waals surface area contributed by atoms with E-state index in [0.717, 1.165) is 24.1 Å². The molecule has 1 unspecified atom stereocenters. The normalized spacial score (nSPS) is 16.4. The molecule has 2 heteroatoms. The van der Waals surface area contributed by atoms with Crippen molar-refractivity contribution >= 4 is 15.9 Å². The van der Waals surface area contributed by atoms with Crippen molar-refractivity contribution in [3.63, 3.8) is 0 Å². The van der Waals surface area contributed by atoms with E-state index in [1.807, 2.05) is 0 Å². The van der Waals surface area contributed by atoms with Gasteiger partial charge in [0, 0.05) is 11.2 Å². The largest absolute Gasteiger partial charge is 0.493 e. The molecule has 94 valence electrons. The van der Waals surface area contributed by atoms with Gasteiger partial charge in [0.15, 0.2) is 0 Å². The van der Waals surface area contributed by atoms with Crippen LogP contribution < -0.4 is 4.74 Å². The fraction of sp³-hybridized carbons (Fsp3) is 0.600.